The molecule has 0 unspecified atom stereocenters. The molecule has 0 saturated carbocycles. The van der Waals surface area contributed by atoms with E-state index >= 15 is 0 Å². The Balaban J connectivity index is 1.87. The quantitative estimate of drug-likeness (QED) is 0.647. The smallest absolute Gasteiger partial charge is 0.319 e. The number of rotatable bonds is 8. The van der Waals surface area contributed by atoms with Crippen molar-refractivity contribution in [3.05, 3.63) is 52.0 Å². The van der Waals surface area contributed by atoms with Gasteiger partial charge in [-0.3, -0.25) is 0 Å². The summed E-state index contributed by atoms with van der Waals surface area (Å²) in [6.45, 7) is 5.48. The molecule has 0 aliphatic carbocycles. The minimum atomic E-state index is -0.306. The van der Waals surface area contributed by atoms with Crippen LogP contribution in [-0.2, 0) is 6.42 Å². The Kier molecular flexibility index (Phi) is 7.88. The van der Waals surface area contributed by atoms with Gasteiger partial charge in [0, 0.05) is 12.2 Å². The van der Waals surface area contributed by atoms with E-state index in [0.717, 1.165) is 11.3 Å². The third-order valence-electron chi connectivity index (χ3n) is 3.48. The third-order valence-corrected chi connectivity index (χ3v) is 4.22. The van der Waals surface area contributed by atoms with Gasteiger partial charge in [-0.05, 0) is 56.2 Å². The van der Waals surface area contributed by atoms with Crippen LogP contribution in [0.2, 0.25) is 10.0 Å². The van der Waals surface area contributed by atoms with E-state index in [9.17, 15) is 4.79 Å². The van der Waals surface area contributed by atoms with Crippen molar-refractivity contribution in [3.8, 4) is 11.5 Å². The summed E-state index contributed by atoms with van der Waals surface area (Å²) < 4.78 is 11.2. The number of ether oxygens (including phenoxy) is 2. The summed E-state index contributed by atoms with van der Waals surface area (Å²) >= 11 is 11.8. The first-order valence-corrected chi connectivity index (χ1v) is 9.17. The lowest BCUT2D eigenvalue weighted by molar-refractivity contribution is 0.252. The molecule has 0 aliphatic heterocycles. The van der Waals surface area contributed by atoms with Crippen molar-refractivity contribution < 1.29 is 14.3 Å². The third kappa shape index (κ3) is 6.00. The maximum absolute atomic E-state index is 12.0. The van der Waals surface area contributed by atoms with Crippen LogP contribution in [0.3, 0.4) is 0 Å². The maximum Gasteiger partial charge on any atom is 0.319 e. The number of nitrogens with one attached hydrogen (secondary N) is 2. The summed E-state index contributed by atoms with van der Waals surface area (Å²) in [4.78, 5) is 12.0. The van der Waals surface area contributed by atoms with Crippen LogP contribution in [0.4, 0.5) is 10.5 Å². The summed E-state index contributed by atoms with van der Waals surface area (Å²) in [5, 5.41) is 6.36. The van der Waals surface area contributed by atoms with Crippen LogP contribution >= 0.6 is 23.2 Å². The van der Waals surface area contributed by atoms with Crippen LogP contribution < -0.4 is 20.1 Å². The van der Waals surface area contributed by atoms with Gasteiger partial charge in [-0.15, -0.1) is 0 Å². The molecule has 5 nitrogen and oxygen atoms in total. The average molecular weight is 397 g/mol. The maximum atomic E-state index is 12.0. The highest BCUT2D eigenvalue weighted by molar-refractivity contribution is 6.42. The van der Waals surface area contributed by atoms with Crippen molar-refractivity contribution in [2.24, 2.45) is 0 Å². The molecule has 0 bridgehead atoms. The minimum absolute atomic E-state index is 0.306. The van der Waals surface area contributed by atoms with Gasteiger partial charge in [0.1, 0.15) is 0 Å². The molecule has 0 saturated heterocycles. The summed E-state index contributed by atoms with van der Waals surface area (Å²) in [7, 11) is 0. The minimum Gasteiger partial charge on any atom is -0.490 e. The Morgan fingerprint density at radius 2 is 1.69 bits per heavy atom. The number of carbonyl (C=O) groups is 1. The van der Waals surface area contributed by atoms with Crippen LogP contribution in [-0.4, -0.2) is 25.8 Å². The van der Waals surface area contributed by atoms with Crippen LogP contribution in [0.1, 0.15) is 19.4 Å². The lowest BCUT2D eigenvalue weighted by Gasteiger charge is -2.13. The number of urea groups is 1. The zero-order chi connectivity index (χ0) is 18.9. The molecule has 0 aliphatic rings. The zero-order valence-electron chi connectivity index (χ0n) is 14.8. The molecule has 0 aromatic heterocycles. The Hall–Kier alpha value is -2.11. The van der Waals surface area contributed by atoms with Gasteiger partial charge in [-0.25, -0.2) is 4.79 Å². The van der Waals surface area contributed by atoms with Crippen molar-refractivity contribution in [1.82, 2.24) is 5.32 Å². The molecule has 0 radical (unpaired) electrons. The zero-order valence-corrected chi connectivity index (χ0v) is 16.3. The Morgan fingerprint density at radius 1 is 0.962 bits per heavy atom. The largest absolute Gasteiger partial charge is 0.490 e. The number of hydrogen-bond donors (Lipinski definition) is 2. The van der Waals surface area contributed by atoms with Crippen LogP contribution in [0.15, 0.2) is 36.4 Å². The predicted octanol–water partition coefficient (Wildman–Crippen LogP) is 5.16. The van der Waals surface area contributed by atoms with Gasteiger partial charge in [0.25, 0.3) is 0 Å². The van der Waals surface area contributed by atoms with Crippen molar-refractivity contribution >= 4 is 34.9 Å². The van der Waals surface area contributed by atoms with Crippen LogP contribution in [0, 0.1) is 0 Å². The molecule has 0 fully saturated rings. The van der Waals surface area contributed by atoms with E-state index in [1.165, 1.54) is 0 Å². The van der Waals surface area contributed by atoms with Gasteiger partial charge in [-0.2, -0.15) is 0 Å². The number of benzene rings is 2. The molecule has 2 aromatic rings. The number of carbonyl (C=O) groups excluding carboxylic acids is 1. The van der Waals surface area contributed by atoms with E-state index in [1.807, 2.05) is 32.0 Å². The molecule has 2 aromatic carbocycles. The molecule has 0 spiro atoms. The van der Waals surface area contributed by atoms with Gasteiger partial charge in [-0.1, -0.05) is 29.3 Å². The number of amides is 2. The lowest BCUT2D eigenvalue weighted by Crippen LogP contribution is -2.30. The molecule has 26 heavy (non-hydrogen) atoms. The Labute approximate surface area is 163 Å². The molecule has 2 rings (SSSR count). The van der Waals surface area contributed by atoms with E-state index in [0.29, 0.717) is 47.7 Å². The second kappa shape index (κ2) is 10.1. The van der Waals surface area contributed by atoms with Crippen molar-refractivity contribution in [2.75, 3.05) is 25.1 Å². The van der Waals surface area contributed by atoms with Crippen LogP contribution in [0.25, 0.3) is 0 Å². The molecule has 2 amide bonds. The van der Waals surface area contributed by atoms with Gasteiger partial charge in [0.05, 0.1) is 23.3 Å². The predicted molar refractivity (Wildman–Crippen MR) is 106 cm³/mol. The highest BCUT2D eigenvalue weighted by Crippen LogP contribution is 2.28. The fraction of sp³-hybridized carbons (Fsp3) is 0.316. The second-order valence-corrected chi connectivity index (χ2v) is 6.22. The molecule has 7 heteroatoms. The molecular formula is C19H22Cl2N2O3. The SMILES string of the molecule is CCOc1ccc(CCNC(=O)Nc2ccc(Cl)c(Cl)c2)cc1OCC. The monoisotopic (exact) mass is 396 g/mol. The Morgan fingerprint density at radius 3 is 2.38 bits per heavy atom. The van der Waals surface area contributed by atoms with Gasteiger partial charge in [0.2, 0.25) is 0 Å². The first-order valence-electron chi connectivity index (χ1n) is 8.42. The second-order valence-electron chi connectivity index (χ2n) is 5.41. The highest BCUT2D eigenvalue weighted by atomic mass is 35.5. The standard InChI is InChI=1S/C19H22Cl2N2O3/c1-3-25-17-8-5-13(11-18(17)26-4-2)9-10-22-19(24)23-14-6-7-15(20)16(21)12-14/h5-8,11-12H,3-4,9-10H2,1-2H3,(H2,22,23,24). The van der Waals surface area contributed by atoms with E-state index in [1.54, 1.807) is 18.2 Å². The van der Waals surface area contributed by atoms with E-state index < -0.39 is 0 Å². The normalized spacial score (nSPS) is 10.3. The fourth-order valence-electron chi connectivity index (χ4n) is 2.32. The number of halogens is 2. The topological polar surface area (TPSA) is 59.6 Å². The van der Waals surface area contributed by atoms with Crippen LogP contribution in [0.5, 0.6) is 11.5 Å². The first kappa shape index (κ1) is 20.2. The Bertz CT molecular complexity index is 754. The summed E-state index contributed by atoms with van der Waals surface area (Å²) in [5.41, 5.74) is 1.63. The van der Waals surface area contributed by atoms with E-state index in [2.05, 4.69) is 10.6 Å². The average Bonchev–Trinajstić information content (AvgIpc) is 2.61. The first-order chi connectivity index (χ1) is 12.5. The fourth-order valence-corrected chi connectivity index (χ4v) is 2.62. The summed E-state index contributed by atoms with van der Waals surface area (Å²) in [5.74, 6) is 1.44. The molecule has 2 N–H and O–H groups in total. The van der Waals surface area contributed by atoms with Crippen molar-refractivity contribution in [2.45, 2.75) is 20.3 Å². The number of hydrogen-bond acceptors (Lipinski definition) is 3. The van der Waals surface area contributed by atoms with E-state index in [-0.39, 0.29) is 6.03 Å². The van der Waals surface area contributed by atoms with Crippen molar-refractivity contribution in [1.29, 1.82) is 0 Å². The van der Waals surface area contributed by atoms with Gasteiger partial charge in [0.15, 0.2) is 11.5 Å². The van der Waals surface area contributed by atoms with Gasteiger partial charge < -0.3 is 20.1 Å². The molecule has 140 valence electrons. The summed E-state index contributed by atoms with van der Waals surface area (Å²) in [6, 6.07) is 10.4. The lowest BCUT2D eigenvalue weighted by atomic mass is 10.1. The highest BCUT2D eigenvalue weighted by Gasteiger charge is 2.07. The van der Waals surface area contributed by atoms with E-state index in [4.69, 9.17) is 32.7 Å². The van der Waals surface area contributed by atoms with Crippen molar-refractivity contribution in [3.63, 3.8) is 0 Å². The number of anilines is 1. The summed E-state index contributed by atoms with van der Waals surface area (Å²) in [6.07, 6.45) is 0.668. The van der Waals surface area contributed by atoms with Gasteiger partial charge >= 0.3 is 6.03 Å². The molecular weight excluding hydrogens is 375 g/mol. The molecule has 0 heterocycles. The molecule has 0 atom stereocenters.